The summed E-state index contributed by atoms with van der Waals surface area (Å²) in [5.74, 6) is 0.887. The Balaban J connectivity index is 1.61. The van der Waals surface area contributed by atoms with Gasteiger partial charge in [-0.15, -0.1) is 10.2 Å². The summed E-state index contributed by atoms with van der Waals surface area (Å²) in [6.45, 7) is 4.46. The molecule has 3 N–H and O–H groups in total. The van der Waals surface area contributed by atoms with Gasteiger partial charge in [-0.05, 0) is 35.6 Å². The van der Waals surface area contributed by atoms with Crippen molar-refractivity contribution >= 4 is 11.8 Å². The van der Waals surface area contributed by atoms with Crippen LogP contribution in [0.4, 0.5) is 0 Å². The molecule has 1 saturated carbocycles. The third-order valence-electron chi connectivity index (χ3n) is 5.22. The van der Waals surface area contributed by atoms with E-state index >= 15 is 0 Å². The molecular weight excluding hydrogens is 332 g/mol. The normalized spacial score (nSPS) is 22.8. The van der Waals surface area contributed by atoms with Gasteiger partial charge >= 0.3 is 0 Å². The van der Waals surface area contributed by atoms with Gasteiger partial charge in [0.05, 0.1) is 0 Å². The highest BCUT2D eigenvalue weighted by molar-refractivity contribution is 5.93. The van der Waals surface area contributed by atoms with Crippen LogP contribution in [-0.2, 0) is 11.3 Å². The molecule has 2 aromatic rings. The summed E-state index contributed by atoms with van der Waals surface area (Å²) < 4.78 is 0. The highest BCUT2D eigenvalue weighted by Crippen LogP contribution is 2.29. The molecule has 2 amide bonds. The number of tetrazole rings is 1. The molecule has 1 aromatic carbocycles. The molecule has 0 unspecified atom stereocenters. The second-order valence-electron chi connectivity index (χ2n) is 7.03. The first-order valence-corrected chi connectivity index (χ1v) is 8.91. The highest BCUT2D eigenvalue weighted by atomic mass is 16.2. The Morgan fingerprint density at radius 1 is 1.23 bits per heavy atom. The number of primary amides is 1. The monoisotopic (exact) mass is 356 g/mol. The van der Waals surface area contributed by atoms with Crippen molar-refractivity contribution in [3.05, 3.63) is 29.8 Å². The highest BCUT2D eigenvalue weighted by Gasteiger charge is 2.28. The van der Waals surface area contributed by atoms with Gasteiger partial charge in [0.2, 0.25) is 17.6 Å². The van der Waals surface area contributed by atoms with Crippen LogP contribution in [0, 0.1) is 11.8 Å². The summed E-state index contributed by atoms with van der Waals surface area (Å²) in [6.07, 6.45) is 3.37. The van der Waals surface area contributed by atoms with Gasteiger partial charge in [-0.2, -0.15) is 4.80 Å². The number of aromatic nitrogens is 4. The maximum Gasteiger partial charge on any atom is 0.248 e. The topological polar surface area (TPSA) is 116 Å². The predicted molar refractivity (Wildman–Crippen MR) is 95.9 cm³/mol. The second kappa shape index (κ2) is 7.63. The third-order valence-corrected chi connectivity index (χ3v) is 5.22. The predicted octanol–water partition coefficient (Wildman–Crippen LogP) is 1.38. The van der Waals surface area contributed by atoms with Crippen molar-refractivity contribution in [1.82, 2.24) is 25.5 Å². The molecule has 0 radical (unpaired) electrons. The molecule has 1 fully saturated rings. The van der Waals surface area contributed by atoms with Crippen molar-refractivity contribution in [1.29, 1.82) is 0 Å². The third kappa shape index (κ3) is 4.07. The number of nitrogens with zero attached hydrogens (tertiary/aromatic N) is 4. The lowest BCUT2D eigenvalue weighted by Crippen LogP contribution is -2.45. The number of nitrogens with two attached hydrogens (primary N) is 1. The minimum Gasteiger partial charge on any atom is -0.366 e. The van der Waals surface area contributed by atoms with E-state index in [1.54, 1.807) is 24.3 Å². The van der Waals surface area contributed by atoms with Crippen molar-refractivity contribution in [2.75, 3.05) is 0 Å². The summed E-state index contributed by atoms with van der Waals surface area (Å²) in [5.41, 5.74) is 6.34. The fourth-order valence-electron chi connectivity index (χ4n) is 3.38. The summed E-state index contributed by atoms with van der Waals surface area (Å²) in [4.78, 5) is 24.7. The lowest BCUT2D eigenvalue weighted by molar-refractivity contribution is -0.123. The van der Waals surface area contributed by atoms with Crippen LogP contribution in [0.3, 0.4) is 0 Å². The van der Waals surface area contributed by atoms with Crippen LogP contribution in [0.15, 0.2) is 24.3 Å². The molecule has 1 aromatic heterocycles. The summed E-state index contributed by atoms with van der Waals surface area (Å²) in [7, 11) is 0. The second-order valence-corrected chi connectivity index (χ2v) is 7.03. The number of hydrogen-bond acceptors (Lipinski definition) is 5. The number of amides is 2. The van der Waals surface area contributed by atoms with Gasteiger partial charge in [0.25, 0.3) is 0 Å². The minimum atomic E-state index is -0.490. The smallest absolute Gasteiger partial charge is 0.248 e. The first kappa shape index (κ1) is 18.0. The molecule has 3 atom stereocenters. The molecule has 1 aliphatic carbocycles. The van der Waals surface area contributed by atoms with E-state index in [1.807, 2.05) is 0 Å². The van der Waals surface area contributed by atoms with E-state index in [1.165, 1.54) is 11.2 Å². The van der Waals surface area contributed by atoms with Crippen molar-refractivity contribution in [2.45, 2.75) is 45.7 Å². The summed E-state index contributed by atoms with van der Waals surface area (Å²) in [5, 5.41) is 15.3. The van der Waals surface area contributed by atoms with Gasteiger partial charge in [0.15, 0.2) is 0 Å². The van der Waals surface area contributed by atoms with Crippen LogP contribution in [0.25, 0.3) is 11.4 Å². The Morgan fingerprint density at radius 3 is 2.65 bits per heavy atom. The molecule has 1 heterocycles. The standard InChI is InChI=1S/C18H24N6O2/c1-11-4-3-5-15(12(11)2)20-16(25)10-24-22-18(21-23-24)14-8-6-13(7-9-14)17(19)26/h6-9,11-12,15H,3-5,10H2,1-2H3,(H2,19,26)(H,20,25)/t11-,12-,15-/m1/s1. The van der Waals surface area contributed by atoms with E-state index in [4.69, 9.17) is 5.73 Å². The zero-order valence-electron chi connectivity index (χ0n) is 15.1. The molecule has 1 aliphatic rings. The number of rotatable bonds is 5. The van der Waals surface area contributed by atoms with Crippen LogP contribution < -0.4 is 11.1 Å². The molecule has 8 nitrogen and oxygen atoms in total. The molecule has 0 bridgehead atoms. The van der Waals surface area contributed by atoms with Crippen LogP contribution in [0.1, 0.15) is 43.5 Å². The molecule has 0 spiro atoms. The Hall–Kier alpha value is -2.77. The van der Waals surface area contributed by atoms with E-state index in [2.05, 4.69) is 34.6 Å². The molecule has 3 rings (SSSR count). The van der Waals surface area contributed by atoms with Gasteiger partial charge in [0.1, 0.15) is 6.54 Å². The Kier molecular flexibility index (Phi) is 5.29. The molecular formula is C18H24N6O2. The van der Waals surface area contributed by atoms with Crippen molar-refractivity contribution in [2.24, 2.45) is 17.6 Å². The quantitative estimate of drug-likeness (QED) is 0.839. The fourth-order valence-corrected chi connectivity index (χ4v) is 3.38. The first-order valence-electron chi connectivity index (χ1n) is 8.91. The largest absolute Gasteiger partial charge is 0.366 e. The minimum absolute atomic E-state index is 0.0317. The fraction of sp³-hybridized carbons (Fsp3) is 0.500. The number of benzene rings is 1. The molecule has 138 valence electrons. The first-order chi connectivity index (χ1) is 12.4. The average Bonchev–Trinajstić information content (AvgIpc) is 3.07. The van der Waals surface area contributed by atoms with E-state index in [9.17, 15) is 9.59 Å². The maximum absolute atomic E-state index is 12.3. The van der Waals surface area contributed by atoms with Crippen molar-refractivity contribution < 1.29 is 9.59 Å². The van der Waals surface area contributed by atoms with Crippen molar-refractivity contribution in [3.8, 4) is 11.4 Å². The van der Waals surface area contributed by atoms with Crippen LogP contribution in [0.2, 0.25) is 0 Å². The van der Waals surface area contributed by atoms with Gasteiger partial charge in [-0.1, -0.05) is 38.8 Å². The summed E-state index contributed by atoms with van der Waals surface area (Å²) in [6, 6.07) is 6.82. The Bertz CT molecular complexity index is 785. The van der Waals surface area contributed by atoms with E-state index < -0.39 is 5.91 Å². The van der Waals surface area contributed by atoms with Gasteiger partial charge in [0, 0.05) is 17.2 Å². The zero-order valence-corrected chi connectivity index (χ0v) is 15.1. The van der Waals surface area contributed by atoms with Crippen LogP contribution in [0.5, 0.6) is 0 Å². The summed E-state index contributed by atoms with van der Waals surface area (Å²) >= 11 is 0. The number of nitrogens with one attached hydrogen (secondary N) is 1. The van der Waals surface area contributed by atoms with E-state index in [0.717, 1.165) is 12.8 Å². The maximum atomic E-state index is 12.3. The molecule has 0 aliphatic heterocycles. The number of hydrogen-bond donors (Lipinski definition) is 2. The van der Waals surface area contributed by atoms with Gasteiger partial charge in [-0.3, -0.25) is 9.59 Å². The SMILES string of the molecule is C[C@@H]1[C@H](C)CCC[C@H]1NC(=O)Cn1nnc(-c2ccc(C(N)=O)cc2)n1. The molecule has 8 heteroatoms. The van der Waals surface area contributed by atoms with Gasteiger partial charge < -0.3 is 11.1 Å². The van der Waals surface area contributed by atoms with Crippen LogP contribution in [-0.4, -0.2) is 38.1 Å². The number of carbonyl (C=O) groups is 2. The van der Waals surface area contributed by atoms with Gasteiger partial charge in [-0.25, -0.2) is 0 Å². The zero-order chi connectivity index (χ0) is 18.7. The van der Waals surface area contributed by atoms with E-state index in [0.29, 0.717) is 28.8 Å². The molecule has 26 heavy (non-hydrogen) atoms. The lowest BCUT2D eigenvalue weighted by Gasteiger charge is -2.34. The molecule has 0 saturated heterocycles. The Morgan fingerprint density at radius 2 is 1.96 bits per heavy atom. The lowest BCUT2D eigenvalue weighted by atomic mass is 9.78. The number of carbonyl (C=O) groups excluding carboxylic acids is 2. The van der Waals surface area contributed by atoms with Crippen LogP contribution >= 0.6 is 0 Å². The Labute approximate surface area is 152 Å². The van der Waals surface area contributed by atoms with E-state index in [-0.39, 0.29) is 18.5 Å². The van der Waals surface area contributed by atoms with Crippen molar-refractivity contribution in [3.63, 3.8) is 0 Å². The average molecular weight is 356 g/mol.